The molecule has 0 saturated carbocycles. The van der Waals surface area contributed by atoms with Crippen LogP contribution in [0.15, 0.2) is 0 Å². The van der Waals surface area contributed by atoms with Crippen LogP contribution in [-0.4, -0.2) is 59.0 Å². The van der Waals surface area contributed by atoms with E-state index in [2.05, 4.69) is 9.44 Å². The van der Waals surface area contributed by atoms with Crippen LogP contribution in [0.5, 0.6) is 0 Å². The van der Waals surface area contributed by atoms with Gasteiger partial charge in [0.2, 0.25) is 0 Å². The number of hydrogen-bond donors (Lipinski definition) is 4. The third-order valence-corrected chi connectivity index (χ3v) is 6.92. The highest BCUT2D eigenvalue weighted by Gasteiger charge is 2.47. The summed E-state index contributed by atoms with van der Waals surface area (Å²) >= 11 is -1.37. The lowest BCUT2D eigenvalue weighted by molar-refractivity contribution is -0.245. The second-order valence-corrected chi connectivity index (χ2v) is 11.6. The van der Waals surface area contributed by atoms with Crippen molar-refractivity contribution in [3.05, 3.63) is 0 Å². The monoisotopic (exact) mass is 390 g/mol. The van der Waals surface area contributed by atoms with Crippen molar-refractivity contribution >= 4 is 11.2 Å². The van der Waals surface area contributed by atoms with Gasteiger partial charge in [-0.2, -0.15) is 10.1 Å². The Hall–Kier alpha value is -0.0900. The number of rotatable bonds is 4. The molecule has 154 valence electrons. The topological polar surface area (TPSA) is 88.1 Å². The molecule has 2 fully saturated rings. The van der Waals surface area contributed by atoms with Gasteiger partial charge in [0.15, 0.2) is 11.2 Å². The van der Waals surface area contributed by atoms with Gasteiger partial charge < -0.3 is 10.4 Å². The maximum absolute atomic E-state index is 12.7. The molecule has 0 unspecified atom stereocenters. The largest absolute Gasteiger partial charge is 0.313 e. The predicted molar refractivity (Wildman–Crippen MR) is 104 cm³/mol. The summed E-state index contributed by atoms with van der Waals surface area (Å²) < 4.78 is 19.1. The van der Waals surface area contributed by atoms with E-state index in [9.17, 15) is 14.6 Å². The Labute approximate surface area is 161 Å². The zero-order chi connectivity index (χ0) is 20.1. The molecule has 7 nitrogen and oxygen atoms in total. The van der Waals surface area contributed by atoms with E-state index in [0.717, 1.165) is 0 Å². The van der Waals surface area contributed by atoms with Crippen LogP contribution in [0.3, 0.4) is 0 Å². The van der Waals surface area contributed by atoms with Crippen molar-refractivity contribution < 1.29 is 14.6 Å². The Morgan fingerprint density at radius 1 is 0.692 bits per heavy atom. The zero-order valence-electron chi connectivity index (χ0n) is 17.6. The van der Waals surface area contributed by atoms with Gasteiger partial charge in [-0.05, 0) is 81.1 Å². The number of nitrogens with one attached hydrogen (secondary N) is 2. The first-order valence-corrected chi connectivity index (χ1v) is 10.6. The molecule has 0 aromatic heterocycles. The van der Waals surface area contributed by atoms with Gasteiger partial charge in [-0.15, -0.1) is 0 Å². The first-order chi connectivity index (χ1) is 11.6. The Kier molecular flexibility index (Phi) is 6.03. The Morgan fingerprint density at radius 2 is 0.923 bits per heavy atom. The molecular weight excluding hydrogens is 352 g/mol. The van der Waals surface area contributed by atoms with Crippen molar-refractivity contribution in [3.63, 3.8) is 0 Å². The summed E-state index contributed by atoms with van der Waals surface area (Å²) in [5, 5.41) is 23.7. The lowest BCUT2D eigenvalue weighted by atomic mass is 9.79. The molecule has 0 radical (unpaired) electrons. The van der Waals surface area contributed by atoms with E-state index in [0.29, 0.717) is 25.7 Å². The average molecular weight is 391 g/mol. The van der Waals surface area contributed by atoms with Crippen LogP contribution in [0.2, 0.25) is 0 Å². The molecule has 2 heterocycles. The van der Waals surface area contributed by atoms with Crippen LogP contribution in [0.4, 0.5) is 0 Å². The van der Waals surface area contributed by atoms with Crippen LogP contribution in [0.25, 0.3) is 0 Å². The molecule has 4 N–H and O–H groups in total. The van der Waals surface area contributed by atoms with Crippen LogP contribution in [-0.2, 0) is 11.2 Å². The molecule has 0 aromatic carbocycles. The van der Waals surface area contributed by atoms with Gasteiger partial charge in [-0.25, -0.2) is 13.7 Å². The molecule has 0 aromatic rings. The SMILES string of the molecule is CC1(C)CC(NS(=O)NC2CC(C)(C)N(O)C(C)(C)C2)CC(C)(C)N1O. The third kappa shape index (κ3) is 4.66. The van der Waals surface area contributed by atoms with Crippen molar-refractivity contribution in [3.8, 4) is 0 Å². The van der Waals surface area contributed by atoms with Gasteiger partial charge in [0.25, 0.3) is 0 Å². The lowest BCUT2D eigenvalue weighted by Crippen LogP contribution is -2.64. The Bertz CT molecular complexity index is 469. The third-order valence-electron chi connectivity index (χ3n) is 5.82. The molecule has 0 atom stereocenters. The van der Waals surface area contributed by atoms with Gasteiger partial charge in [-0.1, -0.05) is 0 Å². The fraction of sp³-hybridized carbons (Fsp3) is 1.00. The zero-order valence-corrected chi connectivity index (χ0v) is 18.4. The van der Waals surface area contributed by atoms with Crippen LogP contribution >= 0.6 is 0 Å². The predicted octanol–water partition coefficient (Wildman–Crippen LogP) is 2.57. The molecule has 2 saturated heterocycles. The van der Waals surface area contributed by atoms with Gasteiger partial charge in [-0.3, -0.25) is 0 Å². The maximum Gasteiger partial charge on any atom is 0.167 e. The average Bonchev–Trinajstić information content (AvgIpc) is 2.40. The van der Waals surface area contributed by atoms with Gasteiger partial charge >= 0.3 is 0 Å². The normalized spacial score (nSPS) is 30.0. The molecule has 2 aliphatic rings. The Balaban J connectivity index is 1.99. The van der Waals surface area contributed by atoms with E-state index in [1.807, 2.05) is 55.4 Å². The van der Waals surface area contributed by atoms with E-state index in [4.69, 9.17) is 0 Å². The minimum Gasteiger partial charge on any atom is -0.313 e. The summed E-state index contributed by atoms with van der Waals surface area (Å²) in [5.74, 6) is 0. The summed E-state index contributed by atoms with van der Waals surface area (Å²) in [4.78, 5) is 0. The second-order valence-electron chi connectivity index (χ2n) is 10.6. The van der Waals surface area contributed by atoms with E-state index < -0.39 is 11.2 Å². The summed E-state index contributed by atoms with van der Waals surface area (Å²) in [6.45, 7) is 16.0. The standard InChI is InChI=1S/C18H38N4O3S/c1-15(2)9-13(10-16(3,4)21(15)23)19-26(25)20-14-11-17(5,6)22(24)18(7,8)12-14/h13-14,19-20,23-24H,9-12H2,1-8H3. The number of nitrogens with zero attached hydrogens (tertiary/aromatic N) is 2. The minimum absolute atomic E-state index is 0.0516. The van der Waals surface area contributed by atoms with Crippen molar-refractivity contribution in [1.82, 2.24) is 19.6 Å². The Morgan fingerprint density at radius 3 is 1.15 bits per heavy atom. The van der Waals surface area contributed by atoms with Crippen LogP contribution in [0, 0.1) is 0 Å². The molecule has 2 aliphatic heterocycles. The summed E-state index contributed by atoms with van der Waals surface area (Å²) in [7, 11) is 0. The molecule has 0 aliphatic carbocycles. The maximum atomic E-state index is 12.7. The first kappa shape index (κ1) is 22.2. The minimum atomic E-state index is -1.37. The summed E-state index contributed by atoms with van der Waals surface area (Å²) in [6, 6.07) is 0.103. The van der Waals surface area contributed by atoms with Crippen molar-refractivity contribution in [1.29, 1.82) is 0 Å². The van der Waals surface area contributed by atoms with Crippen molar-refractivity contribution in [2.24, 2.45) is 0 Å². The summed E-state index contributed by atoms with van der Waals surface area (Å²) in [6.07, 6.45) is 2.86. The molecule has 0 spiro atoms. The first-order valence-electron chi connectivity index (χ1n) is 9.49. The fourth-order valence-corrected chi connectivity index (χ4v) is 6.05. The number of hydroxylamine groups is 4. The highest BCUT2D eigenvalue weighted by Crippen LogP contribution is 2.38. The smallest absolute Gasteiger partial charge is 0.167 e. The van der Waals surface area contributed by atoms with E-state index in [1.54, 1.807) is 0 Å². The van der Waals surface area contributed by atoms with E-state index >= 15 is 0 Å². The van der Waals surface area contributed by atoms with Gasteiger partial charge in [0, 0.05) is 34.2 Å². The molecule has 26 heavy (non-hydrogen) atoms. The highest BCUT2D eigenvalue weighted by atomic mass is 32.2. The van der Waals surface area contributed by atoms with Gasteiger partial charge in [0.05, 0.1) is 0 Å². The molecule has 8 heteroatoms. The fourth-order valence-electron chi connectivity index (χ4n) is 5.04. The van der Waals surface area contributed by atoms with Crippen LogP contribution in [0.1, 0.15) is 81.1 Å². The van der Waals surface area contributed by atoms with Crippen molar-refractivity contribution in [2.45, 2.75) is 115 Å². The molecule has 0 amide bonds. The highest BCUT2D eigenvalue weighted by molar-refractivity contribution is 7.81. The second kappa shape index (κ2) is 7.06. The number of piperidine rings is 2. The van der Waals surface area contributed by atoms with Crippen LogP contribution < -0.4 is 9.44 Å². The number of hydrogen-bond acceptors (Lipinski definition) is 5. The lowest BCUT2D eigenvalue weighted by Gasteiger charge is -2.52. The molecule has 0 bridgehead atoms. The quantitative estimate of drug-likeness (QED) is 0.593. The molecule has 2 rings (SSSR count). The van der Waals surface area contributed by atoms with Crippen molar-refractivity contribution in [2.75, 3.05) is 0 Å². The van der Waals surface area contributed by atoms with E-state index in [-0.39, 0.29) is 34.2 Å². The molecular formula is C18H38N4O3S. The van der Waals surface area contributed by atoms with Gasteiger partial charge in [0.1, 0.15) is 0 Å². The summed E-state index contributed by atoms with van der Waals surface area (Å²) in [5.41, 5.74) is -1.52. The van der Waals surface area contributed by atoms with E-state index in [1.165, 1.54) is 10.1 Å².